The van der Waals surface area contributed by atoms with Gasteiger partial charge in [-0.3, -0.25) is 4.79 Å². The van der Waals surface area contributed by atoms with Crippen LogP contribution in [0.3, 0.4) is 0 Å². The fourth-order valence-electron chi connectivity index (χ4n) is 2.28. The lowest BCUT2D eigenvalue weighted by atomic mass is 10.2. The van der Waals surface area contributed by atoms with Gasteiger partial charge in [0.1, 0.15) is 5.75 Å². The maximum Gasteiger partial charge on any atom is 0.244 e. The van der Waals surface area contributed by atoms with E-state index in [0.717, 1.165) is 37.4 Å². The van der Waals surface area contributed by atoms with Crippen LogP contribution in [0.1, 0.15) is 19.8 Å². The van der Waals surface area contributed by atoms with E-state index in [9.17, 15) is 4.79 Å². The molecule has 0 bridgehead atoms. The van der Waals surface area contributed by atoms with Crippen molar-refractivity contribution in [3.8, 4) is 5.75 Å². The maximum atomic E-state index is 12.3. The fraction of sp³-hybridized carbons (Fsp3) is 0.500. The molecule has 1 aliphatic heterocycles. The third-order valence-corrected chi connectivity index (χ3v) is 3.22. The first kappa shape index (κ1) is 12.9. The van der Waals surface area contributed by atoms with Crippen LogP contribution in [0.2, 0.25) is 0 Å². The van der Waals surface area contributed by atoms with Crippen LogP contribution >= 0.6 is 0 Å². The van der Waals surface area contributed by atoms with Crippen LogP contribution < -0.4 is 15.0 Å². The molecule has 1 heterocycles. The molecule has 0 aliphatic carbocycles. The number of carbonyl (C=O) groups excluding carboxylic acids is 1. The minimum absolute atomic E-state index is 0.0464. The van der Waals surface area contributed by atoms with Crippen molar-refractivity contribution in [1.29, 1.82) is 0 Å². The minimum atomic E-state index is -0.0464. The number of benzene rings is 1. The zero-order valence-electron chi connectivity index (χ0n) is 11.0. The van der Waals surface area contributed by atoms with Crippen LogP contribution in [0, 0.1) is 0 Å². The Bertz CT molecular complexity index is 420. The zero-order valence-corrected chi connectivity index (χ0v) is 11.0. The molecule has 18 heavy (non-hydrogen) atoms. The van der Waals surface area contributed by atoms with Crippen molar-refractivity contribution in [2.75, 3.05) is 25.1 Å². The van der Waals surface area contributed by atoms with Crippen molar-refractivity contribution in [3.63, 3.8) is 0 Å². The monoisotopic (exact) mass is 248 g/mol. The largest absolute Gasteiger partial charge is 0.495 e. The molecule has 1 aromatic carbocycles. The van der Waals surface area contributed by atoms with Crippen molar-refractivity contribution in [2.45, 2.75) is 25.8 Å². The normalized spacial score (nSPS) is 19.3. The summed E-state index contributed by atoms with van der Waals surface area (Å²) in [7, 11) is 1.63. The summed E-state index contributed by atoms with van der Waals surface area (Å²) < 4.78 is 5.31. The Morgan fingerprint density at radius 3 is 2.94 bits per heavy atom. The van der Waals surface area contributed by atoms with Crippen LogP contribution in [0.4, 0.5) is 5.69 Å². The van der Waals surface area contributed by atoms with Gasteiger partial charge in [-0.2, -0.15) is 0 Å². The van der Waals surface area contributed by atoms with Gasteiger partial charge in [0.05, 0.1) is 18.8 Å². The summed E-state index contributed by atoms with van der Waals surface area (Å²) in [6, 6.07) is 7.61. The van der Waals surface area contributed by atoms with Crippen molar-refractivity contribution in [1.82, 2.24) is 5.32 Å². The third-order valence-electron chi connectivity index (χ3n) is 3.22. The van der Waals surface area contributed by atoms with Crippen LogP contribution in [-0.4, -0.2) is 32.1 Å². The smallest absolute Gasteiger partial charge is 0.244 e. The molecule has 1 saturated heterocycles. The van der Waals surface area contributed by atoms with E-state index in [2.05, 4.69) is 12.2 Å². The molecule has 1 aliphatic rings. The molecule has 4 heteroatoms. The average Bonchev–Trinajstić information content (AvgIpc) is 2.77. The van der Waals surface area contributed by atoms with Gasteiger partial charge in [-0.1, -0.05) is 19.1 Å². The summed E-state index contributed by atoms with van der Waals surface area (Å²) in [5.74, 6) is 0.898. The highest BCUT2D eigenvalue weighted by Crippen LogP contribution is 2.30. The molecule has 1 amide bonds. The molecule has 1 atom stereocenters. The summed E-state index contributed by atoms with van der Waals surface area (Å²) >= 11 is 0. The number of methoxy groups -OCH3 is 1. The molecule has 1 unspecified atom stereocenters. The molecule has 0 aromatic heterocycles. The predicted molar refractivity (Wildman–Crippen MR) is 72.0 cm³/mol. The molecule has 98 valence electrons. The van der Waals surface area contributed by atoms with Crippen molar-refractivity contribution >= 4 is 11.6 Å². The lowest BCUT2D eigenvalue weighted by molar-refractivity contribution is -0.118. The molecule has 2 rings (SSSR count). The van der Waals surface area contributed by atoms with Crippen LogP contribution in [-0.2, 0) is 4.79 Å². The summed E-state index contributed by atoms with van der Waals surface area (Å²) in [6.45, 7) is 3.74. The minimum Gasteiger partial charge on any atom is -0.495 e. The number of carbonyl (C=O) groups is 1. The second-order valence-electron chi connectivity index (χ2n) is 4.46. The number of anilines is 1. The average molecular weight is 248 g/mol. The van der Waals surface area contributed by atoms with Gasteiger partial charge in [-0.15, -0.1) is 0 Å². The Balaban J connectivity index is 2.13. The van der Waals surface area contributed by atoms with Gasteiger partial charge in [0.25, 0.3) is 0 Å². The van der Waals surface area contributed by atoms with Gasteiger partial charge < -0.3 is 15.0 Å². The number of amides is 1. The first-order chi connectivity index (χ1) is 8.77. The molecule has 0 saturated carbocycles. The first-order valence-electron chi connectivity index (χ1n) is 6.45. The number of hydrogen-bond acceptors (Lipinski definition) is 3. The second-order valence-corrected chi connectivity index (χ2v) is 4.46. The predicted octanol–water partition coefficient (Wildman–Crippen LogP) is 1.80. The Kier molecular flexibility index (Phi) is 4.20. The Morgan fingerprint density at radius 1 is 1.44 bits per heavy atom. The van der Waals surface area contributed by atoms with Gasteiger partial charge in [0.2, 0.25) is 5.91 Å². The molecule has 1 aromatic rings. The molecular weight excluding hydrogens is 228 g/mol. The molecule has 1 N–H and O–H groups in total. The van der Waals surface area contributed by atoms with E-state index in [1.807, 2.05) is 29.2 Å². The number of para-hydroxylation sites is 2. The number of rotatable bonds is 5. The van der Waals surface area contributed by atoms with Gasteiger partial charge in [-0.25, -0.2) is 0 Å². The van der Waals surface area contributed by atoms with E-state index >= 15 is 0 Å². The molecule has 4 nitrogen and oxygen atoms in total. The van der Waals surface area contributed by atoms with Gasteiger partial charge >= 0.3 is 0 Å². The SMILES string of the molecule is CCCNC1CCN(c2ccccc2OC)C1=O. The third kappa shape index (κ3) is 2.48. The Labute approximate surface area is 108 Å². The van der Waals surface area contributed by atoms with Crippen molar-refractivity contribution in [2.24, 2.45) is 0 Å². The second kappa shape index (κ2) is 5.87. The van der Waals surface area contributed by atoms with Gasteiger partial charge in [0.15, 0.2) is 0 Å². The molecular formula is C14H20N2O2. The number of ether oxygens (including phenoxy) is 1. The van der Waals surface area contributed by atoms with Crippen LogP contribution in [0.15, 0.2) is 24.3 Å². The molecule has 0 radical (unpaired) electrons. The van der Waals surface area contributed by atoms with Crippen molar-refractivity contribution < 1.29 is 9.53 Å². The topological polar surface area (TPSA) is 41.6 Å². The highest BCUT2D eigenvalue weighted by Gasteiger charge is 2.33. The Hall–Kier alpha value is -1.55. The summed E-state index contributed by atoms with van der Waals surface area (Å²) in [4.78, 5) is 14.1. The van der Waals surface area contributed by atoms with E-state index in [-0.39, 0.29) is 11.9 Å². The van der Waals surface area contributed by atoms with Crippen molar-refractivity contribution in [3.05, 3.63) is 24.3 Å². The highest BCUT2D eigenvalue weighted by atomic mass is 16.5. The van der Waals surface area contributed by atoms with E-state index < -0.39 is 0 Å². The highest BCUT2D eigenvalue weighted by molar-refractivity contribution is 6.00. The van der Waals surface area contributed by atoms with E-state index in [4.69, 9.17) is 4.74 Å². The summed E-state index contributed by atoms with van der Waals surface area (Å²) in [6.07, 6.45) is 1.90. The number of hydrogen-bond donors (Lipinski definition) is 1. The summed E-state index contributed by atoms with van der Waals surface area (Å²) in [5.41, 5.74) is 0.866. The van der Waals surface area contributed by atoms with Crippen LogP contribution in [0.5, 0.6) is 5.75 Å². The van der Waals surface area contributed by atoms with E-state index in [1.165, 1.54) is 0 Å². The number of nitrogens with one attached hydrogen (secondary N) is 1. The lowest BCUT2D eigenvalue weighted by Crippen LogP contribution is -2.38. The zero-order chi connectivity index (χ0) is 13.0. The van der Waals surface area contributed by atoms with Crippen LogP contribution in [0.25, 0.3) is 0 Å². The van der Waals surface area contributed by atoms with E-state index in [1.54, 1.807) is 7.11 Å². The van der Waals surface area contributed by atoms with Gasteiger partial charge in [0, 0.05) is 6.54 Å². The Morgan fingerprint density at radius 2 is 2.22 bits per heavy atom. The molecule has 0 spiro atoms. The molecule has 1 fully saturated rings. The standard InChI is InChI=1S/C14H20N2O2/c1-3-9-15-11-8-10-16(14(11)17)12-6-4-5-7-13(12)18-2/h4-7,11,15H,3,8-10H2,1-2H3. The quantitative estimate of drug-likeness (QED) is 0.864. The summed E-state index contributed by atoms with van der Waals surface area (Å²) in [5, 5.41) is 3.29. The van der Waals surface area contributed by atoms with Gasteiger partial charge in [-0.05, 0) is 31.5 Å². The fourth-order valence-corrected chi connectivity index (χ4v) is 2.28. The maximum absolute atomic E-state index is 12.3. The van der Waals surface area contributed by atoms with E-state index in [0.29, 0.717) is 0 Å². The lowest BCUT2D eigenvalue weighted by Gasteiger charge is -2.19. The first-order valence-corrected chi connectivity index (χ1v) is 6.45. The number of nitrogens with zero attached hydrogens (tertiary/aromatic N) is 1.